The van der Waals surface area contributed by atoms with Crippen LogP contribution < -0.4 is 0 Å². The normalized spacial score (nSPS) is 57.9. The van der Waals surface area contributed by atoms with Gasteiger partial charge in [-0.05, 0) is 68.3 Å². The highest BCUT2D eigenvalue weighted by Crippen LogP contribution is 2.82. The van der Waals surface area contributed by atoms with Crippen LogP contribution in [0.2, 0.25) is 0 Å². The van der Waals surface area contributed by atoms with E-state index in [1.165, 1.54) is 5.57 Å². The zero-order valence-corrected chi connectivity index (χ0v) is 16.7. The second-order valence-electron chi connectivity index (χ2n) is 11.0. The lowest BCUT2D eigenvalue weighted by Gasteiger charge is -2.56. The fraction of sp³-hybridized carbons (Fsp3) is 0.826. The van der Waals surface area contributed by atoms with Gasteiger partial charge in [0.05, 0.1) is 11.7 Å². The third-order valence-electron chi connectivity index (χ3n) is 10.2. The molecule has 6 rings (SSSR count). The molecule has 5 aliphatic carbocycles. The van der Waals surface area contributed by atoms with Crippen LogP contribution in [-0.4, -0.2) is 39.3 Å². The Morgan fingerprint density at radius 1 is 1.32 bits per heavy atom. The number of aliphatic hydroxyl groups is 1. The first-order valence-electron chi connectivity index (χ1n) is 11.0. The largest absolute Gasteiger partial charge is 0.481 e. The molecular formula is C23H30O5. The average Bonchev–Trinajstić information content (AvgIpc) is 3.52. The molecule has 2 N–H and O–H groups in total. The minimum atomic E-state index is -0.905. The van der Waals surface area contributed by atoms with Crippen LogP contribution in [0.1, 0.15) is 65.2 Å². The predicted octanol–water partition coefficient (Wildman–Crippen LogP) is 3.10. The highest BCUT2D eigenvalue weighted by Gasteiger charge is 2.84. The summed E-state index contributed by atoms with van der Waals surface area (Å²) >= 11 is 0. The SMILES string of the molecule is CC12CC3O[C@@]34[C@@H]([C@H]3C[C@H]3C3=CC(=O)CC[C@@]34C)[C@@H]1CC[C@@]2(O)CCC(=O)O. The molecule has 2 unspecified atom stereocenters. The van der Waals surface area contributed by atoms with Crippen molar-refractivity contribution in [3.05, 3.63) is 11.6 Å². The number of hydrogen-bond donors (Lipinski definition) is 2. The quantitative estimate of drug-likeness (QED) is 0.728. The highest BCUT2D eigenvalue weighted by molar-refractivity contribution is 5.92. The van der Waals surface area contributed by atoms with Gasteiger partial charge in [-0.25, -0.2) is 0 Å². The summed E-state index contributed by atoms with van der Waals surface area (Å²) in [6.45, 7) is 4.54. The summed E-state index contributed by atoms with van der Waals surface area (Å²) in [6, 6.07) is 0. The van der Waals surface area contributed by atoms with E-state index >= 15 is 0 Å². The number of hydrogen-bond acceptors (Lipinski definition) is 4. The van der Waals surface area contributed by atoms with Gasteiger partial charge in [-0.1, -0.05) is 19.4 Å². The minimum Gasteiger partial charge on any atom is -0.481 e. The number of carbonyl (C=O) groups is 2. The number of carbonyl (C=O) groups excluding carboxylic acids is 1. The number of epoxide rings is 1. The Morgan fingerprint density at radius 2 is 2.11 bits per heavy atom. The molecule has 5 nitrogen and oxygen atoms in total. The van der Waals surface area contributed by atoms with E-state index in [0.717, 1.165) is 25.7 Å². The second kappa shape index (κ2) is 4.92. The molecular weight excluding hydrogens is 356 g/mol. The molecule has 9 atom stereocenters. The molecule has 0 bridgehead atoms. The Hall–Kier alpha value is -1.20. The van der Waals surface area contributed by atoms with Gasteiger partial charge in [-0.2, -0.15) is 0 Å². The monoisotopic (exact) mass is 386 g/mol. The van der Waals surface area contributed by atoms with Crippen LogP contribution in [0, 0.1) is 34.5 Å². The highest BCUT2D eigenvalue weighted by atomic mass is 16.6. The predicted molar refractivity (Wildman–Crippen MR) is 100 cm³/mol. The number of ether oxygens (including phenoxy) is 1. The maximum absolute atomic E-state index is 12.1. The second-order valence-corrected chi connectivity index (χ2v) is 11.0. The summed E-state index contributed by atoms with van der Waals surface area (Å²) in [5, 5.41) is 20.8. The number of carboxylic acids is 1. The lowest BCUT2D eigenvalue weighted by Crippen LogP contribution is -2.60. The maximum atomic E-state index is 12.1. The molecule has 1 saturated heterocycles. The number of aliphatic carboxylic acids is 1. The van der Waals surface area contributed by atoms with Crippen LogP contribution in [0.25, 0.3) is 0 Å². The van der Waals surface area contributed by atoms with E-state index in [4.69, 9.17) is 4.74 Å². The van der Waals surface area contributed by atoms with Crippen molar-refractivity contribution >= 4 is 11.8 Å². The Labute approximate surface area is 165 Å². The average molecular weight is 386 g/mol. The van der Waals surface area contributed by atoms with E-state index in [1.54, 1.807) is 0 Å². The molecule has 1 spiro atoms. The van der Waals surface area contributed by atoms with Crippen molar-refractivity contribution in [2.45, 2.75) is 82.5 Å². The third-order valence-corrected chi connectivity index (χ3v) is 10.2. The molecule has 152 valence electrons. The van der Waals surface area contributed by atoms with Crippen molar-refractivity contribution in [3.8, 4) is 0 Å². The first-order chi connectivity index (χ1) is 13.2. The zero-order valence-electron chi connectivity index (χ0n) is 16.7. The Kier molecular flexibility index (Phi) is 3.10. The molecule has 0 aromatic carbocycles. The van der Waals surface area contributed by atoms with E-state index < -0.39 is 11.6 Å². The molecule has 28 heavy (non-hydrogen) atoms. The third kappa shape index (κ3) is 1.78. The Balaban J connectivity index is 1.40. The van der Waals surface area contributed by atoms with E-state index in [-0.39, 0.29) is 34.7 Å². The fourth-order valence-corrected chi connectivity index (χ4v) is 8.66. The van der Waals surface area contributed by atoms with Gasteiger partial charge >= 0.3 is 5.97 Å². The molecule has 1 heterocycles. The van der Waals surface area contributed by atoms with Crippen LogP contribution >= 0.6 is 0 Å². The summed E-state index contributed by atoms with van der Waals surface area (Å²) in [7, 11) is 0. The molecule has 4 saturated carbocycles. The van der Waals surface area contributed by atoms with Crippen LogP contribution in [-0.2, 0) is 14.3 Å². The Morgan fingerprint density at radius 3 is 2.86 bits per heavy atom. The van der Waals surface area contributed by atoms with Crippen molar-refractivity contribution in [3.63, 3.8) is 0 Å². The summed E-state index contributed by atoms with van der Waals surface area (Å²) < 4.78 is 6.62. The molecule has 5 fully saturated rings. The summed E-state index contributed by atoms with van der Waals surface area (Å²) in [6.07, 6.45) is 7.59. The van der Waals surface area contributed by atoms with Gasteiger partial charge in [0.2, 0.25) is 0 Å². The first kappa shape index (κ1) is 17.6. The van der Waals surface area contributed by atoms with Gasteiger partial charge in [0, 0.05) is 23.7 Å². The molecule has 0 aromatic heterocycles. The van der Waals surface area contributed by atoms with Crippen LogP contribution in [0.3, 0.4) is 0 Å². The maximum Gasteiger partial charge on any atom is 0.303 e. The molecule has 0 radical (unpaired) electrons. The summed E-state index contributed by atoms with van der Waals surface area (Å²) in [4.78, 5) is 23.3. The summed E-state index contributed by atoms with van der Waals surface area (Å²) in [5.74, 6) is 1.36. The van der Waals surface area contributed by atoms with Gasteiger partial charge in [-0.15, -0.1) is 0 Å². The number of carboxylic acid groups (broad SMARTS) is 1. The van der Waals surface area contributed by atoms with E-state index in [9.17, 15) is 19.8 Å². The number of rotatable bonds is 3. The molecule has 1 aliphatic heterocycles. The number of ketones is 1. The van der Waals surface area contributed by atoms with E-state index in [1.807, 2.05) is 6.08 Å². The fourth-order valence-electron chi connectivity index (χ4n) is 8.66. The lowest BCUT2D eigenvalue weighted by molar-refractivity contribution is -0.144. The van der Waals surface area contributed by atoms with Crippen molar-refractivity contribution in [2.24, 2.45) is 34.5 Å². The standard InChI is InChI=1S/C23H30O5/c1-20-6-3-12(24)9-16(20)13-10-14(13)19-15-4-7-22(27,8-5-18(25)26)21(15,2)11-17-23(19,20)28-17/h9,13-15,17,19,27H,3-8,10-11H2,1-2H3,(H,25,26)/t13-,14+,15+,17?,19+,20+,21?,22-,23-/m1/s1. The van der Waals surface area contributed by atoms with Gasteiger partial charge < -0.3 is 14.9 Å². The molecule has 5 heteroatoms. The van der Waals surface area contributed by atoms with Crippen molar-refractivity contribution in [1.29, 1.82) is 0 Å². The molecule has 0 aromatic rings. The lowest BCUT2D eigenvalue weighted by atomic mass is 9.46. The van der Waals surface area contributed by atoms with Crippen molar-refractivity contribution in [2.75, 3.05) is 0 Å². The van der Waals surface area contributed by atoms with E-state index in [0.29, 0.717) is 42.9 Å². The van der Waals surface area contributed by atoms with Gasteiger partial charge in [0.15, 0.2) is 5.78 Å². The zero-order chi connectivity index (χ0) is 19.7. The van der Waals surface area contributed by atoms with Crippen molar-refractivity contribution < 1.29 is 24.5 Å². The molecule has 0 amide bonds. The topological polar surface area (TPSA) is 87.1 Å². The van der Waals surface area contributed by atoms with Crippen LogP contribution in [0.5, 0.6) is 0 Å². The Bertz CT molecular complexity index is 833. The first-order valence-corrected chi connectivity index (χ1v) is 11.0. The van der Waals surface area contributed by atoms with Gasteiger partial charge in [0.25, 0.3) is 0 Å². The van der Waals surface area contributed by atoms with E-state index in [2.05, 4.69) is 13.8 Å². The van der Waals surface area contributed by atoms with Gasteiger partial charge in [0.1, 0.15) is 5.60 Å². The summed E-state index contributed by atoms with van der Waals surface area (Å²) in [5.41, 5.74) is -0.0168. The minimum absolute atomic E-state index is 0.0267. The van der Waals surface area contributed by atoms with Crippen LogP contribution in [0.15, 0.2) is 11.6 Å². The van der Waals surface area contributed by atoms with Crippen molar-refractivity contribution in [1.82, 2.24) is 0 Å². The molecule has 6 aliphatic rings. The van der Waals surface area contributed by atoms with Gasteiger partial charge in [-0.3, -0.25) is 9.59 Å². The van der Waals surface area contributed by atoms with Crippen LogP contribution in [0.4, 0.5) is 0 Å². The number of fused-ring (bicyclic) bond motifs is 6. The smallest absolute Gasteiger partial charge is 0.303 e.